The molecular weight excluding hydrogens is 264 g/mol. The lowest BCUT2D eigenvalue weighted by Gasteiger charge is -2.14. The van der Waals surface area contributed by atoms with E-state index in [1.807, 2.05) is 13.8 Å². The number of aromatic nitrogens is 1. The van der Waals surface area contributed by atoms with Crippen molar-refractivity contribution >= 4 is 0 Å². The van der Waals surface area contributed by atoms with E-state index in [1.54, 1.807) is 0 Å². The van der Waals surface area contributed by atoms with Gasteiger partial charge in [-0.15, -0.1) is 0 Å². The maximum absolute atomic E-state index is 6.06. The summed E-state index contributed by atoms with van der Waals surface area (Å²) in [5.74, 6) is 1.79. The maximum atomic E-state index is 6.06. The predicted molar refractivity (Wildman–Crippen MR) is 83.5 cm³/mol. The highest BCUT2D eigenvalue weighted by molar-refractivity contribution is 5.41. The second-order valence-corrected chi connectivity index (χ2v) is 5.33. The standard InChI is InChI=1S/C17H24N2O2/c1-5-9-18-10-15-8-6-7-12(2)17(15)20-11-16-13(3)19-21-14(16)4/h6-8,18H,5,9-11H2,1-4H3. The van der Waals surface area contributed by atoms with Crippen LogP contribution in [0, 0.1) is 20.8 Å². The van der Waals surface area contributed by atoms with Crippen molar-refractivity contribution < 1.29 is 9.26 Å². The van der Waals surface area contributed by atoms with Crippen molar-refractivity contribution in [1.82, 2.24) is 10.5 Å². The van der Waals surface area contributed by atoms with Gasteiger partial charge < -0.3 is 14.6 Å². The van der Waals surface area contributed by atoms with Gasteiger partial charge in [-0.25, -0.2) is 0 Å². The average molecular weight is 288 g/mol. The van der Waals surface area contributed by atoms with Gasteiger partial charge in [-0.05, 0) is 39.3 Å². The molecule has 2 aromatic rings. The predicted octanol–water partition coefficient (Wildman–Crippen LogP) is 3.68. The lowest BCUT2D eigenvalue weighted by Crippen LogP contribution is -2.15. The number of para-hydroxylation sites is 1. The van der Waals surface area contributed by atoms with E-state index in [-0.39, 0.29) is 0 Å². The van der Waals surface area contributed by atoms with Crippen LogP contribution < -0.4 is 10.1 Å². The molecule has 4 nitrogen and oxygen atoms in total. The molecule has 0 unspecified atom stereocenters. The van der Waals surface area contributed by atoms with Gasteiger partial charge in [0.25, 0.3) is 0 Å². The molecule has 0 spiro atoms. The molecule has 1 aromatic heterocycles. The number of aryl methyl sites for hydroxylation is 3. The van der Waals surface area contributed by atoms with Crippen molar-refractivity contribution in [3.63, 3.8) is 0 Å². The van der Waals surface area contributed by atoms with Crippen molar-refractivity contribution in [2.45, 2.75) is 47.3 Å². The van der Waals surface area contributed by atoms with Crippen LogP contribution >= 0.6 is 0 Å². The van der Waals surface area contributed by atoms with E-state index in [0.29, 0.717) is 6.61 Å². The Balaban J connectivity index is 2.11. The Hall–Kier alpha value is -1.81. The van der Waals surface area contributed by atoms with Gasteiger partial charge in [0.2, 0.25) is 0 Å². The number of hydrogen-bond donors (Lipinski definition) is 1. The normalized spacial score (nSPS) is 10.9. The third-order valence-electron chi connectivity index (χ3n) is 3.58. The molecule has 2 rings (SSSR count). The minimum absolute atomic E-state index is 0.493. The van der Waals surface area contributed by atoms with Crippen molar-refractivity contribution in [2.75, 3.05) is 6.54 Å². The Morgan fingerprint density at radius 3 is 2.71 bits per heavy atom. The first-order valence-corrected chi connectivity index (χ1v) is 7.47. The summed E-state index contributed by atoms with van der Waals surface area (Å²) in [5, 5.41) is 7.39. The van der Waals surface area contributed by atoms with Gasteiger partial charge in [0.1, 0.15) is 18.1 Å². The topological polar surface area (TPSA) is 47.3 Å². The van der Waals surface area contributed by atoms with E-state index < -0.39 is 0 Å². The van der Waals surface area contributed by atoms with Crippen molar-refractivity contribution in [1.29, 1.82) is 0 Å². The molecule has 0 saturated heterocycles. The van der Waals surface area contributed by atoms with Gasteiger partial charge >= 0.3 is 0 Å². The molecule has 0 bridgehead atoms. The second kappa shape index (κ2) is 7.27. The van der Waals surface area contributed by atoms with Crippen LogP contribution in [-0.2, 0) is 13.2 Å². The first kappa shape index (κ1) is 15.6. The number of nitrogens with zero attached hydrogens (tertiary/aromatic N) is 1. The van der Waals surface area contributed by atoms with E-state index in [0.717, 1.165) is 47.8 Å². The highest BCUT2D eigenvalue weighted by Crippen LogP contribution is 2.25. The van der Waals surface area contributed by atoms with Gasteiger partial charge in [0, 0.05) is 12.1 Å². The van der Waals surface area contributed by atoms with E-state index in [1.165, 1.54) is 5.56 Å². The fourth-order valence-corrected chi connectivity index (χ4v) is 2.31. The smallest absolute Gasteiger partial charge is 0.140 e. The molecule has 0 aliphatic rings. The van der Waals surface area contributed by atoms with Gasteiger partial charge in [-0.3, -0.25) is 0 Å². The van der Waals surface area contributed by atoms with E-state index >= 15 is 0 Å². The van der Waals surface area contributed by atoms with Crippen LogP contribution in [0.1, 0.15) is 41.5 Å². The summed E-state index contributed by atoms with van der Waals surface area (Å²) in [5.41, 5.74) is 4.27. The van der Waals surface area contributed by atoms with Crippen LogP contribution in [0.5, 0.6) is 5.75 Å². The SMILES string of the molecule is CCCNCc1cccc(C)c1OCc1c(C)noc1C. The van der Waals surface area contributed by atoms with Crippen molar-refractivity contribution in [3.8, 4) is 5.75 Å². The molecule has 0 aliphatic carbocycles. The first-order chi connectivity index (χ1) is 10.1. The molecule has 0 amide bonds. The van der Waals surface area contributed by atoms with E-state index in [9.17, 15) is 0 Å². The quantitative estimate of drug-likeness (QED) is 0.790. The summed E-state index contributed by atoms with van der Waals surface area (Å²) in [6.07, 6.45) is 1.13. The summed E-state index contributed by atoms with van der Waals surface area (Å²) in [7, 11) is 0. The number of rotatable bonds is 7. The number of ether oxygens (including phenoxy) is 1. The maximum Gasteiger partial charge on any atom is 0.140 e. The molecule has 0 radical (unpaired) electrons. The van der Waals surface area contributed by atoms with Crippen LogP contribution in [0.3, 0.4) is 0 Å². The minimum Gasteiger partial charge on any atom is -0.488 e. The number of hydrogen-bond acceptors (Lipinski definition) is 4. The zero-order valence-corrected chi connectivity index (χ0v) is 13.3. The third-order valence-corrected chi connectivity index (χ3v) is 3.58. The minimum atomic E-state index is 0.493. The Labute approximate surface area is 126 Å². The second-order valence-electron chi connectivity index (χ2n) is 5.33. The highest BCUT2D eigenvalue weighted by Gasteiger charge is 2.12. The van der Waals surface area contributed by atoms with Crippen molar-refractivity contribution in [2.24, 2.45) is 0 Å². The Bertz CT molecular complexity index is 571. The van der Waals surface area contributed by atoms with Crippen LogP contribution in [0.4, 0.5) is 0 Å². The van der Waals surface area contributed by atoms with Gasteiger partial charge in [0.15, 0.2) is 0 Å². The molecule has 0 fully saturated rings. The van der Waals surface area contributed by atoms with Crippen molar-refractivity contribution in [3.05, 3.63) is 46.3 Å². The first-order valence-electron chi connectivity index (χ1n) is 7.47. The summed E-state index contributed by atoms with van der Waals surface area (Å²) < 4.78 is 11.2. The molecule has 0 saturated carbocycles. The molecule has 1 heterocycles. The van der Waals surface area contributed by atoms with Crippen LogP contribution in [0.15, 0.2) is 22.7 Å². The van der Waals surface area contributed by atoms with Gasteiger partial charge in [0.05, 0.1) is 11.3 Å². The average Bonchev–Trinajstić information content (AvgIpc) is 2.78. The summed E-state index contributed by atoms with van der Waals surface area (Å²) in [6, 6.07) is 6.26. The van der Waals surface area contributed by atoms with Crippen LogP contribution in [0.25, 0.3) is 0 Å². The molecule has 1 N–H and O–H groups in total. The highest BCUT2D eigenvalue weighted by atomic mass is 16.5. The molecular formula is C17H24N2O2. The molecule has 21 heavy (non-hydrogen) atoms. The summed E-state index contributed by atoms with van der Waals surface area (Å²) in [4.78, 5) is 0. The summed E-state index contributed by atoms with van der Waals surface area (Å²) >= 11 is 0. The monoisotopic (exact) mass is 288 g/mol. The van der Waals surface area contributed by atoms with E-state index in [4.69, 9.17) is 9.26 Å². The molecule has 1 aromatic carbocycles. The summed E-state index contributed by atoms with van der Waals surface area (Å²) in [6.45, 7) is 10.4. The van der Waals surface area contributed by atoms with Gasteiger partial charge in [-0.2, -0.15) is 0 Å². The Morgan fingerprint density at radius 1 is 1.24 bits per heavy atom. The fraction of sp³-hybridized carbons (Fsp3) is 0.471. The van der Waals surface area contributed by atoms with Gasteiger partial charge in [-0.1, -0.05) is 30.3 Å². The molecule has 4 heteroatoms. The molecule has 0 atom stereocenters. The zero-order chi connectivity index (χ0) is 15.2. The number of nitrogens with one attached hydrogen (secondary N) is 1. The fourth-order valence-electron chi connectivity index (χ4n) is 2.31. The lowest BCUT2D eigenvalue weighted by molar-refractivity contribution is 0.296. The molecule has 114 valence electrons. The number of benzene rings is 1. The Morgan fingerprint density at radius 2 is 2.05 bits per heavy atom. The van der Waals surface area contributed by atoms with E-state index in [2.05, 4.69) is 42.5 Å². The largest absolute Gasteiger partial charge is 0.488 e. The van der Waals surface area contributed by atoms with Crippen LogP contribution in [-0.4, -0.2) is 11.7 Å². The lowest BCUT2D eigenvalue weighted by atomic mass is 10.1. The van der Waals surface area contributed by atoms with Crippen LogP contribution in [0.2, 0.25) is 0 Å². The third kappa shape index (κ3) is 3.85. The zero-order valence-electron chi connectivity index (χ0n) is 13.3. The molecule has 0 aliphatic heterocycles. The Kier molecular flexibility index (Phi) is 5.39.